The van der Waals surface area contributed by atoms with E-state index < -0.39 is 6.61 Å². The van der Waals surface area contributed by atoms with Gasteiger partial charge in [0.25, 0.3) is 0 Å². The summed E-state index contributed by atoms with van der Waals surface area (Å²) in [5, 5.41) is 2.82. The third-order valence-electron chi connectivity index (χ3n) is 3.64. The van der Waals surface area contributed by atoms with Gasteiger partial charge in [0, 0.05) is 25.7 Å². The maximum absolute atomic E-state index is 12.0. The van der Waals surface area contributed by atoms with Crippen LogP contribution in [0.1, 0.15) is 18.4 Å². The third kappa shape index (κ3) is 5.57. The molecule has 0 saturated carbocycles. The number of hydrogen-bond donors (Lipinski definition) is 2. The molecule has 0 aromatic heterocycles. The number of nitrogens with two attached hydrogens (primary N) is 1. The van der Waals surface area contributed by atoms with Gasteiger partial charge in [-0.2, -0.15) is 8.78 Å². The lowest BCUT2D eigenvalue weighted by molar-refractivity contribution is -0.122. The van der Waals surface area contributed by atoms with Crippen molar-refractivity contribution in [3.63, 3.8) is 0 Å². The van der Waals surface area contributed by atoms with Gasteiger partial charge in [-0.25, -0.2) is 0 Å². The standard InChI is InChI=1S/C15H21F2N3O2/c16-15(17)22-13-3-1-11(2-4-13)9-19-14(21)10-20-7-5-12(18)6-8-20/h1-4,12,15H,5-10,18H2,(H,19,21). The zero-order chi connectivity index (χ0) is 15.9. The number of nitrogens with one attached hydrogen (secondary N) is 1. The van der Waals surface area contributed by atoms with Gasteiger partial charge in [-0.15, -0.1) is 0 Å². The lowest BCUT2D eigenvalue weighted by Gasteiger charge is -2.29. The molecule has 3 N–H and O–H groups in total. The Balaban J connectivity index is 1.71. The van der Waals surface area contributed by atoms with Crippen LogP contribution in [0.3, 0.4) is 0 Å². The molecule has 0 radical (unpaired) electrons. The number of piperidine rings is 1. The summed E-state index contributed by atoms with van der Waals surface area (Å²) in [7, 11) is 0. The van der Waals surface area contributed by atoms with Crippen LogP contribution in [0, 0.1) is 0 Å². The van der Waals surface area contributed by atoms with E-state index in [0.717, 1.165) is 31.5 Å². The van der Waals surface area contributed by atoms with E-state index >= 15 is 0 Å². The predicted octanol–water partition coefficient (Wildman–Crippen LogP) is 1.33. The molecule has 0 atom stereocenters. The first kappa shape index (κ1) is 16.6. The Kier molecular flexibility index (Phi) is 6.09. The fourth-order valence-electron chi connectivity index (χ4n) is 2.36. The maximum atomic E-state index is 12.0. The fraction of sp³-hybridized carbons (Fsp3) is 0.533. The second kappa shape index (κ2) is 8.05. The Bertz CT molecular complexity index is 474. The summed E-state index contributed by atoms with van der Waals surface area (Å²) in [6.07, 6.45) is 1.83. The van der Waals surface area contributed by atoms with Crippen LogP contribution in [-0.2, 0) is 11.3 Å². The highest BCUT2D eigenvalue weighted by molar-refractivity contribution is 5.78. The average molecular weight is 313 g/mol. The van der Waals surface area contributed by atoms with Gasteiger partial charge in [-0.05, 0) is 30.5 Å². The maximum Gasteiger partial charge on any atom is 0.387 e. The molecule has 2 rings (SSSR count). The van der Waals surface area contributed by atoms with Crippen LogP contribution in [-0.4, -0.2) is 43.1 Å². The Morgan fingerprint density at radius 3 is 2.55 bits per heavy atom. The summed E-state index contributed by atoms with van der Waals surface area (Å²) in [4.78, 5) is 14.0. The van der Waals surface area contributed by atoms with E-state index in [2.05, 4.69) is 15.0 Å². The number of ether oxygens (including phenoxy) is 1. The molecule has 1 aromatic carbocycles. The number of carbonyl (C=O) groups is 1. The number of hydrogen-bond acceptors (Lipinski definition) is 4. The van der Waals surface area contributed by atoms with Gasteiger partial charge in [0.05, 0.1) is 6.54 Å². The highest BCUT2D eigenvalue weighted by Crippen LogP contribution is 2.14. The number of halogens is 2. The summed E-state index contributed by atoms with van der Waals surface area (Å²) >= 11 is 0. The molecule has 1 heterocycles. The van der Waals surface area contributed by atoms with Crippen molar-refractivity contribution in [1.29, 1.82) is 0 Å². The van der Waals surface area contributed by atoms with Gasteiger partial charge in [0.1, 0.15) is 5.75 Å². The SMILES string of the molecule is NC1CCN(CC(=O)NCc2ccc(OC(F)F)cc2)CC1. The van der Waals surface area contributed by atoms with Crippen molar-refractivity contribution < 1.29 is 18.3 Å². The minimum atomic E-state index is -2.83. The Labute approximate surface area is 128 Å². The number of alkyl halides is 2. The van der Waals surface area contributed by atoms with Crippen molar-refractivity contribution >= 4 is 5.91 Å². The van der Waals surface area contributed by atoms with Crippen molar-refractivity contribution in [3.8, 4) is 5.75 Å². The van der Waals surface area contributed by atoms with E-state index in [-0.39, 0.29) is 17.7 Å². The minimum Gasteiger partial charge on any atom is -0.435 e. The van der Waals surface area contributed by atoms with Crippen LogP contribution in [0.2, 0.25) is 0 Å². The Hall–Kier alpha value is -1.73. The molecule has 1 amide bonds. The molecular weight excluding hydrogens is 292 g/mol. The zero-order valence-electron chi connectivity index (χ0n) is 12.3. The van der Waals surface area contributed by atoms with E-state index in [1.807, 2.05) is 0 Å². The van der Waals surface area contributed by atoms with E-state index in [1.165, 1.54) is 12.1 Å². The molecule has 0 aliphatic carbocycles. The van der Waals surface area contributed by atoms with Gasteiger partial charge in [-0.1, -0.05) is 12.1 Å². The largest absolute Gasteiger partial charge is 0.435 e. The van der Waals surface area contributed by atoms with E-state index in [4.69, 9.17) is 5.73 Å². The molecule has 0 spiro atoms. The zero-order valence-corrected chi connectivity index (χ0v) is 12.3. The lowest BCUT2D eigenvalue weighted by Crippen LogP contribution is -2.44. The fourth-order valence-corrected chi connectivity index (χ4v) is 2.36. The number of benzene rings is 1. The molecule has 5 nitrogen and oxygen atoms in total. The summed E-state index contributed by atoms with van der Waals surface area (Å²) in [6, 6.07) is 6.46. The number of carbonyl (C=O) groups excluding carboxylic acids is 1. The minimum absolute atomic E-state index is 0.0524. The van der Waals surface area contributed by atoms with E-state index in [0.29, 0.717) is 13.1 Å². The van der Waals surface area contributed by atoms with Crippen LogP contribution in [0.4, 0.5) is 8.78 Å². The van der Waals surface area contributed by atoms with Gasteiger partial charge in [0.2, 0.25) is 5.91 Å². The molecule has 1 aliphatic heterocycles. The Morgan fingerprint density at radius 1 is 1.32 bits per heavy atom. The summed E-state index contributed by atoms with van der Waals surface area (Å²) in [5.41, 5.74) is 6.65. The van der Waals surface area contributed by atoms with Crippen molar-refractivity contribution in [1.82, 2.24) is 10.2 Å². The van der Waals surface area contributed by atoms with Gasteiger partial charge >= 0.3 is 6.61 Å². The highest BCUT2D eigenvalue weighted by atomic mass is 19.3. The third-order valence-corrected chi connectivity index (χ3v) is 3.64. The van der Waals surface area contributed by atoms with Crippen LogP contribution in [0.25, 0.3) is 0 Å². The van der Waals surface area contributed by atoms with Gasteiger partial charge in [0.15, 0.2) is 0 Å². The molecule has 1 aromatic rings. The first-order valence-electron chi connectivity index (χ1n) is 7.31. The topological polar surface area (TPSA) is 67.6 Å². The molecule has 7 heteroatoms. The molecule has 0 bridgehead atoms. The average Bonchev–Trinajstić information content (AvgIpc) is 2.48. The highest BCUT2D eigenvalue weighted by Gasteiger charge is 2.17. The Morgan fingerprint density at radius 2 is 1.95 bits per heavy atom. The first-order valence-corrected chi connectivity index (χ1v) is 7.31. The first-order chi connectivity index (χ1) is 10.5. The molecule has 1 aliphatic rings. The molecule has 22 heavy (non-hydrogen) atoms. The van der Waals surface area contributed by atoms with Crippen molar-refractivity contribution in [3.05, 3.63) is 29.8 Å². The predicted molar refractivity (Wildman–Crippen MR) is 78.6 cm³/mol. The van der Waals surface area contributed by atoms with Crippen molar-refractivity contribution in [2.24, 2.45) is 5.73 Å². The number of likely N-dealkylation sites (tertiary alicyclic amines) is 1. The summed E-state index contributed by atoms with van der Waals surface area (Å²) in [6.45, 7) is -0.425. The molecule has 1 fully saturated rings. The number of amides is 1. The van der Waals surface area contributed by atoms with Gasteiger partial charge < -0.3 is 15.8 Å². The van der Waals surface area contributed by atoms with Gasteiger partial charge in [-0.3, -0.25) is 9.69 Å². The van der Waals surface area contributed by atoms with E-state index in [1.54, 1.807) is 12.1 Å². The van der Waals surface area contributed by atoms with Crippen LogP contribution >= 0.6 is 0 Å². The molecule has 1 saturated heterocycles. The summed E-state index contributed by atoms with van der Waals surface area (Å²) in [5.74, 6) is 0.0538. The lowest BCUT2D eigenvalue weighted by atomic mass is 10.1. The summed E-state index contributed by atoms with van der Waals surface area (Å²) < 4.78 is 28.3. The smallest absolute Gasteiger partial charge is 0.387 e. The molecule has 122 valence electrons. The second-order valence-corrected chi connectivity index (χ2v) is 5.41. The number of nitrogens with zero attached hydrogens (tertiary/aromatic N) is 1. The molecule has 0 unspecified atom stereocenters. The second-order valence-electron chi connectivity index (χ2n) is 5.41. The molecular formula is C15H21F2N3O2. The van der Waals surface area contributed by atoms with E-state index in [9.17, 15) is 13.6 Å². The monoisotopic (exact) mass is 313 g/mol. The van der Waals surface area contributed by atoms with Crippen molar-refractivity contribution in [2.75, 3.05) is 19.6 Å². The van der Waals surface area contributed by atoms with Crippen LogP contribution in [0.15, 0.2) is 24.3 Å². The van der Waals surface area contributed by atoms with Crippen molar-refractivity contribution in [2.45, 2.75) is 32.0 Å². The van der Waals surface area contributed by atoms with Crippen LogP contribution < -0.4 is 15.8 Å². The van der Waals surface area contributed by atoms with Crippen LogP contribution in [0.5, 0.6) is 5.75 Å². The normalized spacial score (nSPS) is 16.7. The quantitative estimate of drug-likeness (QED) is 0.831. The number of rotatable bonds is 6.